The summed E-state index contributed by atoms with van der Waals surface area (Å²) in [6, 6.07) is 16.5. The van der Waals surface area contributed by atoms with E-state index in [4.69, 9.17) is 4.74 Å². The molecule has 0 aliphatic carbocycles. The van der Waals surface area contributed by atoms with Crippen molar-refractivity contribution in [2.75, 3.05) is 13.2 Å². The van der Waals surface area contributed by atoms with E-state index in [0.29, 0.717) is 16.9 Å². The van der Waals surface area contributed by atoms with Crippen LogP contribution in [0.2, 0.25) is 0 Å². The van der Waals surface area contributed by atoms with E-state index in [-0.39, 0.29) is 43.9 Å². The van der Waals surface area contributed by atoms with E-state index in [0.717, 1.165) is 5.56 Å². The van der Waals surface area contributed by atoms with Gasteiger partial charge in [-0.3, -0.25) is 19.2 Å². The predicted octanol–water partition coefficient (Wildman–Crippen LogP) is 1.93. The molecule has 250 valence electrons. The first-order valence-electron chi connectivity index (χ1n) is 15.6. The molecule has 0 unspecified atom stereocenters. The smallest absolute Gasteiger partial charge is 0.243 e. The number of rotatable bonds is 8. The Labute approximate surface area is 272 Å². The highest BCUT2D eigenvalue weighted by atomic mass is 19.1. The molecule has 2 aliphatic rings. The minimum absolute atomic E-state index is 0.0259. The van der Waals surface area contributed by atoms with Crippen molar-refractivity contribution in [3.05, 3.63) is 95.3 Å². The van der Waals surface area contributed by atoms with Gasteiger partial charge in [-0.2, -0.15) is 0 Å². The number of hydrogen-bond acceptors (Lipinski definition) is 7. The summed E-state index contributed by atoms with van der Waals surface area (Å²) in [7, 11) is 0. The monoisotopic (exact) mass is 648 g/mol. The van der Waals surface area contributed by atoms with Crippen LogP contribution in [0.1, 0.15) is 37.0 Å². The van der Waals surface area contributed by atoms with Gasteiger partial charge in [0, 0.05) is 19.4 Å². The number of carbonyl (C=O) groups is 4. The molecule has 0 radical (unpaired) electrons. The van der Waals surface area contributed by atoms with Crippen LogP contribution in [-0.4, -0.2) is 71.2 Å². The maximum Gasteiger partial charge on any atom is 0.243 e. The van der Waals surface area contributed by atoms with Gasteiger partial charge in [0.25, 0.3) is 0 Å². The second-order valence-corrected chi connectivity index (χ2v) is 12.0. The number of amides is 4. The lowest BCUT2D eigenvalue weighted by atomic mass is 9.99. The van der Waals surface area contributed by atoms with Crippen molar-refractivity contribution in [2.45, 2.75) is 63.8 Å². The molecule has 4 amide bonds. The molecule has 0 fully saturated rings. The van der Waals surface area contributed by atoms with Crippen molar-refractivity contribution < 1.29 is 38.5 Å². The first kappa shape index (κ1) is 35.1. The summed E-state index contributed by atoms with van der Waals surface area (Å²) < 4.78 is 20.5. The van der Waals surface area contributed by atoms with Crippen molar-refractivity contribution in [1.29, 1.82) is 0 Å². The molecule has 0 saturated carbocycles. The molecule has 3 aromatic carbocycles. The molecule has 2 aliphatic heterocycles. The zero-order valence-electron chi connectivity index (χ0n) is 26.4. The SMILES string of the molecule is CC(C)C[C@@H]1NC(=O)[C@@H](Cc2ccccc2)NC(=O)Cc2ccc(F)c(c2)Oc2ccc(cc2)C[C@@H](C(=O)NC[C@@H](O)CO)NC1=O. The number of carbonyl (C=O) groups excluding carboxylic acids is 4. The average Bonchev–Trinajstić information content (AvgIpc) is 3.04. The first-order valence-corrected chi connectivity index (χ1v) is 15.6. The van der Waals surface area contributed by atoms with E-state index < -0.39 is 60.3 Å². The fraction of sp³-hybridized carbons (Fsp3) is 0.371. The lowest BCUT2D eigenvalue weighted by Crippen LogP contribution is -2.58. The number of fused-ring (bicyclic) bond motifs is 12. The lowest BCUT2D eigenvalue weighted by Gasteiger charge is -2.26. The van der Waals surface area contributed by atoms with E-state index in [1.165, 1.54) is 18.2 Å². The Morgan fingerprint density at radius 1 is 0.936 bits per heavy atom. The number of nitrogens with one attached hydrogen (secondary N) is 4. The Kier molecular flexibility index (Phi) is 12.4. The van der Waals surface area contributed by atoms with Crippen LogP contribution in [0.25, 0.3) is 0 Å². The van der Waals surface area contributed by atoms with Crippen molar-refractivity contribution >= 4 is 23.6 Å². The number of benzene rings is 3. The van der Waals surface area contributed by atoms with Gasteiger partial charge in [-0.15, -0.1) is 0 Å². The third-order valence-electron chi connectivity index (χ3n) is 7.58. The summed E-state index contributed by atoms with van der Waals surface area (Å²) in [5, 5.41) is 29.8. The Hall–Kier alpha value is -4.81. The number of hydrogen-bond donors (Lipinski definition) is 6. The highest BCUT2D eigenvalue weighted by Gasteiger charge is 2.31. The molecule has 0 aromatic heterocycles. The van der Waals surface area contributed by atoms with Crippen LogP contribution in [0.3, 0.4) is 0 Å². The maximum absolute atomic E-state index is 14.7. The molecule has 11 nitrogen and oxygen atoms in total. The molecular formula is C35H41FN4O7. The van der Waals surface area contributed by atoms with E-state index in [2.05, 4.69) is 21.3 Å². The standard InChI is InChI=1S/C35H41FN4O7/c1-21(2)14-28-34(45)40-29(33(44)37-19-25(42)20-41)16-23-8-11-26(12-9-23)47-31-17-24(10-13-27(31)36)18-32(43)38-30(35(46)39-28)15-22-6-4-3-5-7-22/h3-13,17,21,25,28-30,41-42H,14-16,18-20H2,1-2H3,(H,37,44)(H,38,43)(H,39,46)(H,40,45)/t25-,28+,29+,30-/m1/s1. The van der Waals surface area contributed by atoms with Crippen molar-refractivity contribution in [2.24, 2.45) is 5.92 Å². The number of aliphatic hydroxyl groups excluding tert-OH is 2. The van der Waals surface area contributed by atoms with E-state index in [9.17, 15) is 33.8 Å². The average molecular weight is 649 g/mol. The first-order chi connectivity index (χ1) is 22.5. The van der Waals surface area contributed by atoms with Crippen LogP contribution in [0.5, 0.6) is 11.5 Å². The normalized spacial score (nSPS) is 19.7. The zero-order valence-corrected chi connectivity index (χ0v) is 26.4. The van der Waals surface area contributed by atoms with E-state index in [1.54, 1.807) is 24.3 Å². The minimum Gasteiger partial charge on any atom is -0.454 e. The predicted molar refractivity (Wildman–Crippen MR) is 172 cm³/mol. The zero-order chi connectivity index (χ0) is 33.9. The fourth-order valence-electron chi connectivity index (χ4n) is 5.14. The number of aliphatic hydroxyl groups is 2. The third-order valence-corrected chi connectivity index (χ3v) is 7.58. The highest BCUT2D eigenvalue weighted by molar-refractivity contribution is 5.94. The van der Waals surface area contributed by atoms with Gasteiger partial charge in [0.05, 0.1) is 19.1 Å². The minimum atomic E-state index is -1.20. The fourth-order valence-corrected chi connectivity index (χ4v) is 5.14. The molecule has 12 heteroatoms. The molecule has 6 N–H and O–H groups in total. The van der Waals surface area contributed by atoms with Crippen LogP contribution in [0.4, 0.5) is 4.39 Å². The van der Waals surface area contributed by atoms with E-state index in [1.807, 2.05) is 44.2 Å². The topological polar surface area (TPSA) is 166 Å². The molecule has 5 rings (SSSR count). The van der Waals surface area contributed by atoms with Gasteiger partial charge >= 0.3 is 0 Å². The summed E-state index contributed by atoms with van der Waals surface area (Å²) >= 11 is 0. The highest BCUT2D eigenvalue weighted by Crippen LogP contribution is 2.26. The van der Waals surface area contributed by atoms with Crippen molar-refractivity contribution in [3.8, 4) is 11.5 Å². The van der Waals surface area contributed by atoms with Gasteiger partial charge in [-0.25, -0.2) is 4.39 Å². The maximum atomic E-state index is 14.7. The van der Waals surface area contributed by atoms with Crippen LogP contribution in [0.15, 0.2) is 72.8 Å². The van der Waals surface area contributed by atoms with Crippen molar-refractivity contribution in [3.63, 3.8) is 0 Å². The van der Waals surface area contributed by atoms with E-state index >= 15 is 0 Å². The Balaban J connectivity index is 1.71. The third kappa shape index (κ3) is 10.6. The molecule has 47 heavy (non-hydrogen) atoms. The molecule has 3 aromatic rings. The lowest BCUT2D eigenvalue weighted by molar-refractivity contribution is -0.134. The van der Waals surface area contributed by atoms with Gasteiger partial charge in [-0.05, 0) is 53.3 Å². The van der Waals surface area contributed by atoms with Gasteiger partial charge in [-0.1, -0.05) is 62.4 Å². The molecule has 0 saturated heterocycles. The van der Waals surface area contributed by atoms with Crippen LogP contribution >= 0.6 is 0 Å². The van der Waals surface area contributed by atoms with Crippen LogP contribution in [-0.2, 0) is 38.4 Å². The Morgan fingerprint density at radius 2 is 1.62 bits per heavy atom. The summed E-state index contributed by atoms with van der Waals surface area (Å²) in [6.45, 7) is 2.97. The molecule has 4 bridgehead atoms. The van der Waals surface area contributed by atoms with Gasteiger partial charge in [0.15, 0.2) is 11.6 Å². The molecule has 4 atom stereocenters. The Morgan fingerprint density at radius 3 is 2.30 bits per heavy atom. The van der Waals surface area contributed by atoms with Crippen LogP contribution < -0.4 is 26.0 Å². The molecule has 2 heterocycles. The number of halogens is 1. The summed E-state index contributed by atoms with van der Waals surface area (Å²) in [4.78, 5) is 54.0. The Bertz CT molecular complexity index is 1530. The molecular weight excluding hydrogens is 607 g/mol. The van der Waals surface area contributed by atoms with Gasteiger partial charge < -0.3 is 36.2 Å². The quantitative estimate of drug-likeness (QED) is 0.203. The number of ether oxygens (including phenoxy) is 1. The second kappa shape index (κ2) is 16.7. The van der Waals surface area contributed by atoms with Crippen molar-refractivity contribution in [1.82, 2.24) is 21.3 Å². The molecule has 0 spiro atoms. The largest absolute Gasteiger partial charge is 0.454 e. The summed E-state index contributed by atoms with van der Waals surface area (Å²) in [5.74, 6) is -2.75. The van der Waals surface area contributed by atoms with Gasteiger partial charge in [0.1, 0.15) is 23.9 Å². The van der Waals surface area contributed by atoms with Gasteiger partial charge in [0.2, 0.25) is 23.6 Å². The summed E-state index contributed by atoms with van der Waals surface area (Å²) in [5.41, 5.74) is 1.87. The summed E-state index contributed by atoms with van der Waals surface area (Å²) in [6.07, 6.45) is -0.945. The second-order valence-electron chi connectivity index (χ2n) is 12.0. The van der Waals surface area contributed by atoms with Crippen LogP contribution in [0, 0.1) is 11.7 Å².